The molecule has 0 saturated heterocycles. The highest BCUT2D eigenvalue weighted by atomic mass is 35.5. The van der Waals surface area contributed by atoms with Crippen LogP contribution in [0.2, 0.25) is 5.02 Å². The Morgan fingerprint density at radius 1 is 1.19 bits per heavy atom. The van der Waals surface area contributed by atoms with Gasteiger partial charge in [-0.15, -0.1) is 0 Å². The van der Waals surface area contributed by atoms with Crippen molar-refractivity contribution in [3.8, 4) is 0 Å². The van der Waals surface area contributed by atoms with Gasteiger partial charge in [-0.2, -0.15) is 0 Å². The lowest BCUT2D eigenvalue weighted by Gasteiger charge is -2.05. The zero-order chi connectivity index (χ0) is 14.8. The molecule has 106 valence electrons. The number of aromatic amines is 1. The highest BCUT2D eigenvalue weighted by Crippen LogP contribution is 2.13. The standard InChI is InChI=1S/C15H11ClN2O3/c16-11-4-2-10(3-5-11)14(19)17-8-9-1-6-13-12(7-9)18-15(20)21-13/h1-7H,8H2,(H,17,19)(H,18,20). The van der Waals surface area contributed by atoms with Gasteiger partial charge in [-0.25, -0.2) is 4.79 Å². The third-order valence-electron chi connectivity index (χ3n) is 3.04. The van der Waals surface area contributed by atoms with Crippen molar-refractivity contribution < 1.29 is 9.21 Å². The molecule has 21 heavy (non-hydrogen) atoms. The minimum Gasteiger partial charge on any atom is -0.408 e. The molecular formula is C15H11ClN2O3. The van der Waals surface area contributed by atoms with Crippen molar-refractivity contribution in [3.63, 3.8) is 0 Å². The molecule has 1 amide bonds. The van der Waals surface area contributed by atoms with E-state index in [1.807, 2.05) is 0 Å². The summed E-state index contributed by atoms with van der Waals surface area (Å²) in [5.41, 5.74) is 2.50. The highest BCUT2D eigenvalue weighted by molar-refractivity contribution is 6.30. The largest absolute Gasteiger partial charge is 0.417 e. The summed E-state index contributed by atoms with van der Waals surface area (Å²) < 4.78 is 4.92. The Morgan fingerprint density at radius 3 is 2.71 bits per heavy atom. The lowest BCUT2D eigenvalue weighted by Crippen LogP contribution is -2.22. The lowest BCUT2D eigenvalue weighted by molar-refractivity contribution is 0.0951. The van der Waals surface area contributed by atoms with Crippen molar-refractivity contribution >= 4 is 28.6 Å². The first-order chi connectivity index (χ1) is 10.1. The maximum atomic E-state index is 12.0. The van der Waals surface area contributed by atoms with E-state index < -0.39 is 5.76 Å². The lowest BCUT2D eigenvalue weighted by atomic mass is 10.2. The maximum absolute atomic E-state index is 12.0. The van der Waals surface area contributed by atoms with Crippen LogP contribution < -0.4 is 11.1 Å². The maximum Gasteiger partial charge on any atom is 0.417 e. The van der Waals surface area contributed by atoms with Crippen LogP contribution >= 0.6 is 11.6 Å². The average molecular weight is 303 g/mol. The fourth-order valence-electron chi connectivity index (χ4n) is 1.99. The second kappa shape index (κ2) is 5.46. The van der Waals surface area contributed by atoms with Crippen LogP contribution in [-0.2, 0) is 6.54 Å². The van der Waals surface area contributed by atoms with E-state index in [0.717, 1.165) is 5.56 Å². The van der Waals surface area contributed by atoms with Crippen LogP contribution in [0.5, 0.6) is 0 Å². The number of aromatic nitrogens is 1. The molecule has 0 bridgehead atoms. The first-order valence-electron chi connectivity index (χ1n) is 6.27. The number of carbonyl (C=O) groups excluding carboxylic acids is 1. The van der Waals surface area contributed by atoms with Gasteiger partial charge in [0.05, 0.1) is 5.52 Å². The molecule has 3 aromatic rings. The zero-order valence-electron chi connectivity index (χ0n) is 10.9. The Morgan fingerprint density at radius 2 is 1.95 bits per heavy atom. The Kier molecular flexibility index (Phi) is 3.50. The first-order valence-corrected chi connectivity index (χ1v) is 6.65. The third-order valence-corrected chi connectivity index (χ3v) is 3.29. The molecule has 2 aromatic carbocycles. The quantitative estimate of drug-likeness (QED) is 0.781. The topological polar surface area (TPSA) is 75.1 Å². The van der Waals surface area contributed by atoms with Crippen molar-refractivity contribution in [3.05, 3.63) is 69.2 Å². The summed E-state index contributed by atoms with van der Waals surface area (Å²) in [6, 6.07) is 11.9. The Bertz CT molecular complexity index is 849. The molecule has 0 spiro atoms. The first kappa shape index (κ1) is 13.5. The fourth-order valence-corrected chi connectivity index (χ4v) is 2.12. The van der Waals surface area contributed by atoms with Crippen molar-refractivity contribution in [2.45, 2.75) is 6.54 Å². The molecule has 0 saturated carbocycles. The number of halogens is 1. The molecular weight excluding hydrogens is 292 g/mol. The second-order valence-electron chi connectivity index (χ2n) is 4.53. The normalized spacial score (nSPS) is 10.7. The van der Waals surface area contributed by atoms with E-state index >= 15 is 0 Å². The van der Waals surface area contributed by atoms with Gasteiger partial charge in [-0.1, -0.05) is 17.7 Å². The molecule has 0 aliphatic heterocycles. The average Bonchev–Trinajstić information content (AvgIpc) is 2.84. The molecule has 1 heterocycles. The monoisotopic (exact) mass is 302 g/mol. The predicted molar refractivity (Wildman–Crippen MR) is 79.5 cm³/mol. The van der Waals surface area contributed by atoms with Gasteiger partial charge in [-0.3, -0.25) is 9.78 Å². The van der Waals surface area contributed by atoms with Gasteiger partial charge in [-0.05, 0) is 42.0 Å². The Hall–Kier alpha value is -2.53. The SMILES string of the molecule is O=C(NCc1ccc2oc(=O)[nH]c2c1)c1ccc(Cl)cc1. The van der Waals surface area contributed by atoms with Gasteiger partial charge in [0.1, 0.15) is 0 Å². The summed E-state index contributed by atoms with van der Waals surface area (Å²) in [5, 5.41) is 3.39. The summed E-state index contributed by atoms with van der Waals surface area (Å²) in [6.45, 7) is 0.352. The van der Waals surface area contributed by atoms with Crippen molar-refractivity contribution in [2.24, 2.45) is 0 Å². The van der Waals surface area contributed by atoms with Crippen LogP contribution in [0, 0.1) is 0 Å². The summed E-state index contributed by atoms with van der Waals surface area (Å²) >= 11 is 5.78. The van der Waals surface area contributed by atoms with Gasteiger partial charge < -0.3 is 9.73 Å². The van der Waals surface area contributed by atoms with Crippen molar-refractivity contribution in [1.82, 2.24) is 10.3 Å². The van der Waals surface area contributed by atoms with E-state index in [2.05, 4.69) is 10.3 Å². The zero-order valence-corrected chi connectivity index (χ0v) is 11.6. The van der Waals surface area contributed by atoms with E-state index in [0.29, 0.717) is 28.2 Å². The van der Waals surface area contributed by atoms with Gasteiger partial charge in [0.2, 0.25) is 0 Å². The number of benzene rings is 2. The van der Waals surface area contributed by atoms with Crippen molar-refractivity contribution in [1.29, 1.82) is 0 Å². The van der Waals surface area contributed by atoms with E-state index in [4.69, 9.17) is 16.0 Å². The van der Waals surface area contributed by atoms with Gasteiger partial charge >= 0.3 is 5.76 Å². The Labute approximate surface area is 124 Å². The number of amides is 1. The number of hydrogen-bond acceptors (Lipinski definition) is 3. The number of oxazole rings is 1. The number of fused-ring (bicyclic) bond motifs is 1. The fraction of sp³-hybridized carbons (Fsp3) is 0.0667. The van der Waals surface area contributed by atoms with E-state index in [9.17, 15) is 9.59 Å². The molecule has 5 nitrogen and oxygen atoms in total. The molecule has 1 aromatic heterocycles. The van der Waals surface area contributed by atoms with Crippen LogP contribution in [0.15, 0.2) is 51.7 Å². The second-order valence-corrected chi connectivity index (χ2v) is 4.97. The molecule has 0 aliphatic rings. The van der Waals surface area contributed by atoms with Crippen LogP contribution in [0.4, 0.5) is 0 Å². The molecule has 0 atom stereocenters. The van der Waals surface area contributed by atoms with Gasteiger partial charge in [0, 0.05) is 17.1 Å². The summed E-state index contributed by atoms with van der Waals surface area (Å²) in [5.74, 6) is -0.681. The van der Waals surface area contributed by atoms with Gasteiger partial charge in [0.15, 0.2) is 5.58 Å². The summed E-state index contributed by atoms with van der Waals surface area (Å²) in [6.07, 6.45) is 0. The van der Waals surface area contributed by atoms with Crippen LogP contribution in [-0.4, -0.2) is 10.9 Å². The minimum absolute atomic E-state index is 0.188. The molecule has 0 fully saturated rings. The van der Waals surface area contributed by atoms with E-state index in [1.54, 1.807) is 42.5 Å². The van der Waals surface area contributed by atoms with E-state index in [-0.39, 0.29) is 5.91 Å². The number of nitrogens with one attached hydrogen (secondary N) is 2. The summed E-state index contributed by atoms with van der Waals surface area (Å²) in [7, 11) is 0. The summed E-state index contributed by atoms with van der Waals surface area (Å²) in [4.78, 5) is 25.6. The van der Waals surface area contributed by atoms with E-state index in [1.165, 1.54) is 0 Å². The predicted octanol–water partition coefficient (Wildman–Crippen LogP) is 2.70. The molecule has 0 aliphatic carbocycles. The highest BCUT2D eigenvalue weighted by Gasteiger charge is 2.06. The Balaban J connectivity index is 1.72. The molecule has 0 unspecified atom stereocenters. The third kappa shape index (κ3) is 2.98. The van der Waals surface area contributed by atoms with Crippen LogP contribution in [0.1, 0.15) is 15.9 Å². The van der Waals surface area contributed by atoms with Crippen molar-refractivity contribution in [2.75, 3.05) is 0 Å². The van der Waals surface area contributed by atoms with Crippen LogP contribution in [0.3, 0.4) is 0 Å². The molecule has 3 rings (SSSR count). The minimum atomic E-state index is -0.493. The van der Waals surface area contributed by atoms with Gasteiger partial charge in [0.25, 0.3) is 5.91 Å². The molecule has 2 N–H and O–H groups in total. The number of hydrogen-bond donors (Lipinski definition) is 2. The number of carbonyl (C=O) groups is 1. The molecule has 0 radical (unpaired) electrons. The molecule has 6 heteroatoms. The smallest absolute Gasteiger partial charge is 0.408 e. The number of H-pyrrole nitrogens is 1. The van der Waals surface area contributed by atoms with Crippen LogP contribution in [0.25, 0.3) is 11.1 Å². The number of rotatable bonds is 3.